The van der Waals surface area contributed by atoms with Gasteiger partial charge in [0.05, 0.1) is 11.7 Å². The van der Waals surface area contributed by atoms with Gasteiger partial charge in [-0.05, 0) is 35.1 Å². The topological polar surface area (TPSA) is 70.7 Å². The lowest BCUT2D eigenvalue weighted by Crippen LogP contribution is -2.26. The van der Waals surface area contributed by atoms with Crippen LogP contribution in [0.1, 0.15) is 21.1 Å². The van der Waals surface area contributed by atoms with Crippen molar-refractivity contribution in [1.82, 2.24) is 20.5 Å². The molecular formula is C21H16N4OS. The number of benzene rings is 2. The molecule has 0 unspecified atom stereocenters. The van der Waals surface area contributed by atoms with Crippen molar-refractivity contribution < 1.29 is 4.79 Å². The molecule has 0 bridgehead atoms. The van der Waals surface area contributed by atoms with Crippen LogP contribution >= 0.6 is 11.3 Å². The van der Waals surface area contributed by atoms with E-state index in [2.05, 4.69) is 50.7 Å². The maximum atomic E-state index is 12.1. The Labute approximate surface area is 160 Å². The number of nitrogens with zero attached hydrogens (tertiary/aromatic N) is 2. The Balaban J connectivity index is 1.45. The standard InChI is InChI=1S/C21H16N4OS/c1-2-20-24-19(13-27-20)21(26)22-10-9-14-5-3-6-15(11-14)16-7-4-8-18-17(16)12-23-25-18/h1,3-8,11-13H,9-10H2,(H,22,26)(H,23,25). The molecule has 0 radical (unpaired) electrons. The number of terminal acetylenes is 1. The van der Waals surface area contributed by atoms with E-state index in [1.807, 2.05) is 24.4 Å². The number of thiazole rings is 1. The summed E-state index contributed by atoms with van der Waals surface area (Å²) in [6.07, 6.45) is 7.86. The first-order chi connectivity index (χ1) is 13.2. The molecule has 2 aromatic carbocycles. The molecule has 0 aliphatic heterocycles. The molecule has 0 atom stereocenters. The van der Waals surface area contributed by atoms with Gasteiger partial charge in [0.25, 0.3) is 5.91 Å². The van der Waals surface area contributed by atoms with Crippen LogP contribution in [0.3, 0.4) is 0 Å². The van der Waals surface area contributed by atoms with Crippen molar-refractivity contribution in [3.63, 3.8) is 0 Å². The van der Waals surface area contributed by atoms with Crippen LogP contribution in [-0.4, -0.2) is 27.6 Å². The molecule has 4 aromatic rings. The first-order valence-electron chi connectivity index (χ1n) is 8.46. The minimum Gasteiger partial charge on any atom is -0.350 e. The van der Waals surface area contributed by atoms with Gasteiger partial charge in [0.15, 0.2) is 5.01 Å². The SMILES string of the molecule is C#Cc1nc(C(=O)NCCc2cccc(-c3cccc4[nH]ncc34)c2)cs1. The number of fused-ring (bicyclic) bond motifs is 1. The zero-order valence-corrected chi connectivity index (χ0v) is 15.2. The third-order valence-electron chi connectivity index (χ3n) is 4.28. The van der Waals surface area contributed by atoms with Crippen LogP contribution < -0.4 is 5.32 Å². The zero-order valence-electron chi connectivity index (χ0n) is 14.4. The Morgan fingerprint density at radius 3 is 3.00 bits per heavy atom. The predicted molar refractivity (Wildman–Crippen MR) is 108 cm³/mol. The number of carbonyl (C=O) groups is 1. The molecule has 2 heterocycles. The Hall–Kier alpha value is -3.43. The van der Waals surface area contributed by atoms with E-state index in [-0.39, 0.29) is 5.91 Å². The van der Waals surface area contributed by atoms with Gasteiger partial charge in [0.2, 0.25) is 0 Å². The Morgan fingerprint density at radius 1 is 1.26 bits per heavy atom. The lowest BCUT2D eigenvalue weighted by molar-refractivity contribution is 0.0950. The second-order valence-electron chi connectivity index (χ2n) is 6.03. The van der Waals surface area contributed by atoms with Crippen LogP contribution in [0.15, 0.2) is 54.0 Å². The van der Waals surface area contributed by atoms with Crippen LogP contribution in [0.2, 0.25) is 0 Å². The van der Waals surface area contributed by atoms with E-state index in [1.54, 1.807) is 5.38 Å². The molecule has 1 amide bonds. The summed E-state index contributed by atoms with van der Waals surface area (Å²) in [5, 5.41) is 13.3. The summed E-state index contributed by atoms with van der Waals surface area (Å²) in [6.45, 7) is 0.529. The fourth-order valence-electron chi connectivity index (χ4n) is 2.97. The monoisotopic (exact) mass is 372 g/mol. The smallest absolute Gasteiger partial charge is 0.270 e. The van der Waals surface area contributed by atoms with Gasteiger partial charge in [-0.3, -0.25) is 9.89 Å². The number of aromatic nitrogens is 3. The highest BCUT2D eigenvalue weighted by Gasteiger charge is 2.10. The Bertz CT molecular complexity index is 1150. The van der Waals surface area contributed by atoms with Crippen molar-refractivity contribution in [2.24, 2.45) is 0 Å². The summed E-state index contributed by atoms with van der Waals surface area (Å²) in [5.74, 6) is 2.24. The number of hydrogen-bond donors (Lipinski definition) is 2. The molecule has 0 fully saturated rings. The molecule has 132 valence electrons. The van der Waals surface area contributed by atoms with Crippen LogP contribution in [0.4, 0.5) is 0 Å². The molecule has 2 aromatic heterocycles. The molecule has 6 heteroatoms. The minimum absolute atomic E-state index is 0.202. The summed E-state index contributed by atoms with van der Waals surface area (Å²) < 4.78 is 0. The Morgan fingerprint density at radius 2 is 2.15 bits per heavy atom. The number of aromatic amines is 1. The summed E-state index contributed by atoms with van der Waals surface area (Å²) >= 11 is 1.29. The number of amides is 1. The van der Waals surface area contributed by atoms with E-state index in [1.165, 1.54) is 11.3 Å². The van der Waals surface area contributed by atoms with Gasteiger partial charge in [-0.1, -0.05) is 36.4 Å². The van der Waals surface area contributed by atoms with Crippen molar-refractivity contribution in [1.29, 1.82) is 0 Å². The lowest BCUT2D eigenvalue weighted by Gasteiger charge is -2.08. The largest absolute Gasteiger partial charge is 0.350 e. The summed E-state index contributed by atoms with van der Waals surface area (Å²) in [6, 6.07) is 14.4. The fraction of sp³-hybridized carbons (Fsp3) is 0.0952. The van der Waals surface area contributed by atoms with E-state index in [0.29, 0.717) is 17.2 Å². The zero-order chi connectivity index (χ0) is 18.6. The van der Waals surface area contributed by atoms with Gasteiger partial charge in [0.1, 0.15) is 5.69 Å². The van der Waals surface area contributed by atoms with E-state index in [4.69, 9.17) is 6.42 Å². The molecule has 0 saturated carbocycles. The molecule has 27 heavy (non-hydrogen) atoms. The van der Waals surface area contributed by atoms with Crippen molar-refractivity contribution in [3.05, 3.63) is 70.3 Å². The molecule has 5 nitrogen and oxygen atoms in total. The number of hydrogen-bond acceptors (Lipinski definition) is 4. The molecule has 4 rings (SSSR count). The predicted octanol–water partition coefficient (Wildman–Crippen LogP) is 3.64. The number of nitrogens with one attached hydrogen (secondary N) is 2. The van der Waals surface area contributed by atoms with Crippen molar-refractivity contribution in [3.8, 4) is 23.5 Å². The van der Waals surface area contributed by atoms with E-state index in [0.717, 1.165) is 34.0 Å². The van der Waals surface area contributed by atoms with E-state index in [9.17, 15) is 4.79 Å². The first kappa shape index (κ1) is 17.0. The molecule has 0 aliphatic carbocycles. The minimum atomic E-state index is -0.202. The summed E-state index contributed by atoms with van der Waals surface area (Å²) in [4.78, 5) is 16.2. The molecule has 0 aliphatic rings. The number of rotatable bonds is 5. The van der Waals surface area contributed by atoms with Crippen LogP contribution in [0.25, 0.3) is 22.0 Å². The fourth-order valence-corrected chi connectivity index (χ4v) is 3.57. The van der Waals surface area contributed by atoms with Crippen molar-refractivity contribution in [2.45, 2.75) is 6.42 Å². The quantitative estimate of drug-likeness (QED) is 0.526. The third kappa shape index (κ3) is 3.59. The van der Waals surface area contributed by atoms with Crippen molar-refractivity contribution >= 4 is 28.1 Å². The van der Waals surface area contributed by atoms with Gasteiger partial charge in [-0.2, -0.15) is 5.10 Å². The number of carbonyl (C=O) groups excluding carboxylic acids is 1. The lowest BCUT2D eigenvalue weighted by atomic mass is 9.99. The second-order valence-corrected chi connectivity index (χ2v) is 6.88. The summed E-state index contributed by atoms with van der Waals surface area (Å²) in [7, 11) is 0. The maximum absolute atomic E-state index is 12.1. The highest BCUT2D eigenvalue weighted by molar-refractivity contribution is 7.10. The highest BCUT2D eigenvalue weighted by Crippen LogP contribution is 2.28. The van der Waals surface area contributed by atoms with Gasteiger partial charge >= 0.3 is 0 Å². The van der Waals surface area contributed by atoms with Gasteiger partial charge in [-0.25, -0.2) is 4.98 Å². The molecular weight excluding hydrogens is 356 g/mol. The normalized spacial score (nSPS) is 10.6. The van der Waals surface area contributed by atoms with Gasteiger partial charge in [0, 0.05) is 17.3 Å². The summed E-state index contributed by atoms with van der Waals surface area (Å²) in [5.41, 5.74) is 4.80. The van der Waals surface area contributed by atoms with Crippen molar-refractivity contribution in [2.75, 3.05) is 6.54 Å². The molecule has 0 spiro atoms. The van der Waals surface area contributed by atoms with Gasteiger partial charge in [-0.15, -0.1) is 17.8 Å². The van der Waals surface area contributed by atoms with Crippen LogP contribution in [0.5, 0.6) is 0 Å². The number of H-pyrrole nitrogens is 1. The van der Waals surface area contributed by atoms with E-state index >= 15 is 0 Å². The average molecular weight is 372 g/mol. The molecule has 0 saturated heterocycles. The Kier molecular flexibility index (Phi) is 4.69. The highest BCUT2D eigenvalue weighted by atomic mass is 32.1. The molecule has 2 N–H and O–H groups in total. The van der Waals surface area contributed by atoms with Crippen LogP contribution in [0, 0.1) is 12.3 Å². The van der Waals surface area contributed by atoms with E-state index < -0.39 is 0 Å². The average Bonchev–Trinajstić information content (AvgIpc) is 3.37. The maximum Gasteiger partial charge on any atom is 0.270 e. The van der Waals surface area contributed by atoms with Gasteiger partial charge < -0.3 is 5.32 Å². The first-order valence-corrected chi connectivity index (χ1v) is 9.34. The second kappa shape index (κ2) is 7.44. The third-order valence-corrected chi connectivity index (χ3v) is 5.06. The van der Waals surface area contributed by atoms with Crippen LogP contribution in [-0.2, 0) is 6.42 Å².